The van der Waals surface area contributed by atoms with Gasteiger partial charge in [-0.25, -0.2) is 13.1 Å². The summed E-state index contributed by atoms with van der Waals surface area (Å²) in [6, 6.07) is 6.15. The third-order valence-corrected chi connectivity index (χ3v) is 10.3. The van der Waals surface area contributed by atoms with Crippen LogP contribution in [0.15, 0.2) is 24.3 Å². The van der Waals surface area contributed by atoms with E-state index < -0.39 is 27.7 Å². The first-order valence-electron chi connectivity index (χ1n) is 15.6. The Hall–Kier alpha value is -2.42. The number of carbonyl (C=O) groups excluding carboxylic acids is 2. The minimum atomic E-state index is -3.36. The highest BCUT2D eigenvalue weighted by Crippen LogP contribution is 2.36. The third-order valence-electron chi connectivity index (χ3n) is 9.67. The summed E-state index contributed by atoms with van der Waals surface area (Å²) in [5, 5.41) is 18.9. The van der Waals surface area contributed by atoms with Gasteiger partial charge in [-0.1, -0.05) is 19.3 Å². The number of aromatic nitrogens is 2. The number of anilines is 1. The Morgan fingerprint density at radius 3 is 2.30 bits per heavy atom. The summed E-state index contributed by atoms with van der Waals surface area (Å²) < 4.78 is 32.8. The summed E-state index contributed by atoms with van der Waals surface area (Å²) >= 11 is 0. The van der Waals surface area contributed by atoms with Crippen molar-refractivity contribution >= 4 is 52.3 Å². The summed E-state index contributed by atoms with van der Waals surface area (Å²) in [6.45, 7) is 6.51. The van der Waals surface area contributed by atoms with Gasteiger partial charge in [-0.15, -0.1) is 24.8 Å². The second-order valence-electron chi connectivity index (χ2n) is 12.6. The average Bonchev–Trinajstić information content (AvgIpc) is 3.28. The van der Waals surface area contributed by atoms with E-state index in [0.717, 1.165) is 61.0 Å². The van der Waals surface area contributed by atoms with Crippen LogP contribution in [0.5, 0.6) is 0 Å². The molecule has 2 saturated heterocycles. The summed E-state index contributed by atoms with van der Waals surface area (Å²) in [5.41, 5.74) is 3.32. The summed E-state index contributed by atoms with van der Waals surface area (Å²) in [7, 11) is -1.77. The molecule has 15 heteroatoms. The molecule has 46 heavy (non-hydrogen) atoms. The van der Waals surface area contributed by atoms with Crippen molar-refractivity contribution < 1.29 is 27.9 Å². The minimum Gasteiger partial charge on any atom is -0.390 e. The zero-order chi connectivity index (χ0) is 31.6. The molecule has 1 saturated carbocycles. The number of rotatable bonds is 10. The quantitative estimate of drug-likeness (QED) is 0.343. The number of aliphatic hydroxyl groups is 1. The Bertz CT molecular complexity index is 1460. The summed E-state index contributed by atoms with van der Waals surface area (Å²) in [4.78, 5) is 31.6. The highest BCUT2D eigenvalue weighted by atomic mass is 35.5. The van der Waals surface area contributed by atoms with E-state index in [0.29, 0.717) is 51.3 Å². The predicted octanol–water partition coefficient (Wildman–Crippen LogP) is 2.95. The second kappa shape index (κ2) is 15.7. The van der Waals surface area contributed by atoms with Crippen LogP contribution in [0.25, 0.3) is 5.69 Å². The van der Waals surface area contributed by atoms with Gasteiger partial charge in [0.15, 0.2) is 0 Å². The molecule has 2 atom stereocenters. The van der Waals surface area contributed by atoms with E-state index >= 15 is 0 Å². The fraction of sp³-hybridized carbons (Fsp3) is 0.645. The number of ether oxygens (including phenoxy) is 1. The molecular weight excluding hydrogens is 655 g/mol. The fourth-order valence-electron chi connectivity index (χ4n) is 7.17. The van der Waals surface area contributed by atoms with E-state index in [4.69, 9.17) is 9.84 Å². The zero-order valence-electron chi connectivity index (χ0n) is 27.0. The van der Waals surface area contributed by atoms with Crippen molar-refractivity contribution in [2.24, 2.45) is 5.92 Å². The number of sulfonamides is 1. The number of benzene rings is 1. The topological polar surface area (TPSA) is 146 Å². The van der Waals surface area contributed by atoms with Gasteiger partial charge in [-0.2, -0.15) is 5.10 Å². The molecule has 3 aliphatic rings. The van der Waals surface area contributed by atoms with Crippen LogP contribution in [0.2, 0.25) is 0 Å². The lowest BCUT2D eigenvalue weighted by molar-refractivity contribution is -0.166. The van der Waals surface area contributed by atoms with Crippen LogP contribution in [-0.2, 0) is 30.9 Å². The van der Waals surface area contributed by atoms with Crippen LogP contribution in [0, 0.1) is 19.8 Å². The van der Waals surface area contributed by atoms with Gasteiger partial charge in [0, 0.05) is 50.2 Å². The van der Waals surface area contributed by atoms with E-state index in [2.05, 4.69) is 14.9 Å². The zero-order valence-corrected chi connectivity index (χ0v) is 29.5. The number of nitrogens with zero attached hydrogens (tertiary/aromatic N) is 4. The molecule has 0 bridgehead atoms. The van der Waals surface area contributed by atoms with Crippen molar-refractivity contribution in [3.8, 4) is 5.69 Å². The van der Waals surface area contributed by atoms with Gasteiger partial charge >= 0.3 is 0 Å². The van der Waals surface area contributed by atoms with Gasteiger partial charge in [-0.3, -0.25) is 19.2 Å². The van der Waals surface area contributed by atoms with Crippen LogP contribution in [0.3, 0.4) is 0 Å². The average molecular weight is 704 g/mol. The van der Waals surface area contributed by atoms with Gasteiger partial charge in [0.2, 0.25) is 21.8 Å². The molecule has 3 heterocycles. The van der Waals surface area contributed by atoms with Crippen molar-refractivity contribution in [3.05, 3.63) is 41.2 Å². The number of piperazine rings is 1. The maximum Gasteiger partial charge on any atom is 0.248 e. The van der Waals surface area contributed by atoms with E-state index in [9.17, 15) is 23.1 Å². The van der Waals surface area contributed by atoms with Crippen LogP contribution >= 0.6 is 24.8 Å². The lowest BCUT2D eigenvalue weighted by Gasteiger charge is -2.52. The molecule has 12 nitrogen and oxygen atoms in total. The molecule has 0 radical (unpaired) electrons. The normalized spacial score (nSPS) is 21.3. The molecule has 2 aromatic rings. The number of halogens is 2. The highest BCUT2D eigenvalue weighted by molar-refractivity contribution is 7.92. The molecule has 5 rings (SSSR count). The number of carbonyl (C=O) groups is 2. The Morgan fingerprint density at radius 2 is 1.72 bits per heavy atom. The van der Waals surface area contributed by atoms with Crippen molar-refractivity contribution in [2.45, 2.75) is 83.0 Å². The number of nitrogens with one attached hydrogen (secondary N) is 2. The van der Waals surface area contributed by atoms with Crippen molar-refractivity contribution in [2.75, 3.05) is 44.3 Å². The standard InChI is InChI=1S/C31H46N6O6S.2ClH/c1-21-26(22(2)37(33-21)25-12-10-24(11-13-25)34-44(4,41)42)20-35-16-14-31(15-17-35)30(40)32-27(29(39)36(31)18-19-43-3)28(38)23-8-6-5-7-9-23;;/h10-13,23,27-28,34,38H,5-9,14-20H2,1-4H3,(H,32,40);2*1H/t27-,28-;;/m1../s1. The number of methoxy groups -OCH3 is 1. The molecule has 1 spiro atoms. The predicted molar refractivity (Wildman–Crippen MR) is 181 cm³/mol. The van der Waals surface area contributed by atoms with E-state index in [1.165, 1.54) is 0 Å². The largest absolute Gasteiger partial charge is 0.390 e. The van der Waals surface area contributed by atoms with Crippen LogP contribution < -0.4 is 10.0 Å². The minimum absolute atomic E-state index is 0. The Labute approximate surface area is 284 Å². The lowest BCUT2D eigenvalue weighted by Crippen LogP contribution is -2.75. The molecule has 2 aliphatic heterocycles. The third kappa shape index (κ3) is 7.99. The summed E-state index contributed by atoms with van der Waals surface area (Å²) in [6.07, 6.45) is 6.18. The van der Waals surface area contributed by atoms with Crippen LogP contribution in [-0.4, -0.2) is 102 Å². The first kappa shape index (κ1) is 38.0. The number of piperidine rings is 1. The van der Waals surface area contributed by atoms with Gasteiger partial charge in [0.25, 0.3) is 0 Å². The fourth-order valence-corrected chi connectivity index (χ4v) is 7.73. The smallest absolute Gasteiger partial charge is 0.248 e. The van der Waals surface area contributed by atoms with Gasteiger partial charge < -0.3 is 20.1 Å². The molecule has 258 valence electrons. The van der Waals surface area contributed by atoms with E-state index in [1.807, 2.05) is 30.7 Å². The number of likely N-dealkylation sites (tertiary alicyclic amines) is 1. The van der Waals surface area contributed by atoms with Crippen molar-refractivity contribution in [1.29, 1.82) is 0 Å². The first-order valence-corrected chi connectivity index (χ1v) is 17.5. The Kier molecular flexibility index (Phi) is 12.9. The number of amides is 2. The molecule has 3 N–H and O–H groups in total. The molecule has 1 aliphatic carbocycles. The Morgan fingerprint density at radius 1 is 1.09 bits per heavy atom. The second-order valence-corrected chi connectivity index (χ2v) is 14.4. The Balaban J connectivity index is 0.00000288. The maximum absolute atomic E-state index is 13.9. The highest BCUT2D eigenvalue weighted by Gasteiger charge is 2.55. The molecule has 0 unspecified atom stereocenters. The van der Waals surface area contributed by atoms with Crippen LogP contribution in [0.1, 0.15) is 61.9 Å². The lowest BCUT2D eigenvalue weighted by atomic mass is 9.78. The molecule has 1 aromatic carbocycles. The number of hydrogen-bond acceptors (Lipinski definition) is 8. The maximum atomic E-state index is 13.9. The van der Waals surface area contributed by atoms with Crippen LogP contribution in [0.4, 0.5) is 5.69 Å². The molecule has 1 aromatic heterocycles. The monoisotopic (exact) mass is 702 g/mol. The first-order chi connectivity index (χ1) is 20.9. The molecule has 3 fully saturated rings. The number of aliphatic hydroxyl groups excluding tert-OH is 1. The SMILES string of the molecule is COCCN1C(=O)[C@@H]([C@H](O)C2CCCCC2)NC(=O)C12CCN(Cc1c(C)nn(-c3ccc(NS(C)(=O)=O)cc3)c1C)CC2.Cl.Cl. The van der Waals surface area contributed by atoms with Gasteiger partial charge in [0.1, 0.15) is 11.6 Å². The number of aryl methyl sites for hydroxylation is 1. The summed E-state index contributed by atoms with van der Waals surface area (Å²) in [5.74, 6) is -0.367. The van der Waals surface area contributed by atoms with Gasteiger partial charge in [0.05, 0.1) is 30.3 Å². The van der Waals surface area contributed by atoms with E-state index in [1.54, 1.807) is 24.1 Å². The van der Waals surface area contributed by atoms with E-state index in [-0.39, 0.29) is 42.5 Å². The molecular formula is C31H48Cl2N6O6S. The van der Waals surface area contributed by atoms with Crippen molar-refractivity contribution in [3.63, 3.8) is 0 Å². The molecule has 2 amide bonds. The van der Waals surface area contributed by atoms with Crippen molar-refractivity contribution in [1.82, 2.24) is 24.9 Å². The number of hydrogen-bond donors (Lipinski definition) is 3. The van der Waals surface area contributed by atoms with Gasteiger partial charge in [-0.05, 0) is 69.7 Å².